The van der Waals surface area contributed by atoms with E-state index in [1.54, 1.807) is 0 Å². The maximum absolute atomic E-state index is 12.7. The van der Waals surface area contributed by atoms with E-state index in [0.29, 0.717) is 36.7 Å². The Morgan fingerprint density at radius 2 is 1.89 bits per heavy atom. The summed E-state index contributed by atoms with van der Waals surface area (Å²) in [7, 11) is -2.88. The van der Waals surface area contributed by atoms with E-state index in [1.807, 2.05) is 37.3 Å². The van der Waals surface area contributed by atoms with Crippen molar-refractivity contribution in [3.63, 3.8) is 0 Å². The molecule has 1 saturated heterocycles. The van der Waals surface area contributed by atoms with Gasteiger partial charge in [0.1, 0.15) is 4.88 Å². The van der Waals surface area contributed by atoms with Gasteiger partial charge >= 0.3 is 0 Å². The Bertz CT molecular complexity index is 909. The first-order valence-corrected chi connectivity index (χ1v) is 12.0. The first kappa shape index (κ1) is 20.6. The number of nitrogen functional groups attached to an aromatic ring is 1. The van der Waals surface area contributed by atoms with Gasteiger partial charge in [0.05, 0.1) is 17.2 Å². The summed E-state index contributed by atoms with van der Waals surface area (Å²) in [6, 6.07) is 9.58. The van der Waals surface area contributed by atoms with Crippen LogP contribution in [-0.4, -0.2) is 63.5 Å². The number of nitrogens with zero attached hydrogens (tertiary/aromatic N) is 1. The molecule has 1 amide bonds. The molecule has 1 aliphatic rings. The number of carbonyl (C=O) groups is 1. The minimum absolute atomic E-state index is 0.118. The molecule has 0 bridgehead atoms. The highest BCUT2D eigenvalue weighted by molar-refractivity contribution is 7.91. The number of benzene rings is 1. The van der Waals surface area contributed by atoms with Crippen LogP contribution in [0.4, 0.5) is 11.4 Å². The number of hydrogen-bond donors (Lipinski definition) is 3. The number of sulfone groups is 1. The van der Waals surface area contributed by atoms with Crippen molar-refractivity contribution < 1.29 is 13.2 Å². The van der Waals surface area contributed by atoms with Crippen molar-refractivity contribution >= 4 is 38.5 Å². The number of hydrogen-bond acceptors (Lipinski definition) is 7. The lowest BCUT2D eigenvalue weighted by Gasteiger charge is -2.26. The highest BCUT2D eigenvalue weighted by Gasteiger charge is 2.22. The second-order valence-corrected chi connectivity index (χ2v) is 10.1. The lowest BCUT2D eigenvalue weighted by Crippen LogP contribution is -2.43. The van der Waals surface area contributed by atoms with E-state index >= 15 is 0 Å². The molecule has 1 aliphatic heterocycles. The Morgan fingerprint density at radius 3 is 2.54 bits per heavy atom. The quantitative estimate of drug-likeness (QED) is 0.589. The minimum Gasteiger partial charge on any atom is -0.399 e. The number of carbonyl (C=O) groups excluding carboxylic acids is 1. The highest BCUT2D eigenvalue weighted by atomic mass is 32.2. The summed E-state index contributed by atoms with van der Waals surface area (Å²) in [5.74, 6) is 0.273. The zero-order valence-corrected chi connectivity index (χ0v) is 17.5. The van der Waals surface area contributed by atoms with Crippen LogP contribution in [0.3, 0.4) is 0 Å². The molecule has 1 aromatic carbocycles. The molecule has 3 rings (SSSR count). The third-order valence-corrected chi connectivity index (χ3v) is 7.44. The van der Waals surface area contributed by atoms with Crippen molar-refractivity contribution in [3.05, 3.63) is 35.2 Å². The predicted molar refractivity (Wildman–Crippen MR) is 116 cm³/mol. The van der Waals surface area contributed by atoms with E-state index in [4.69, 9.17) is 5.73 Å². The van der Waals surface area contributed by atoms with Gasteiger partial charge in [-0.15, -0.1) is 11.3 Å². The van der Waals surface area contributed by atoms with Gasteiger partial charge in [0.2, 0.25) is 0 Å². The Labute approximate surface area is 169 Å². The lowest BCUT2D eigenvalue weighted by molar-refractivity contribution is 0.0953. The molecule has 0 unspecified atom stereocenters. The molecule has 28 heavy (non-hydrogen) atoms. The summed E-state index contributed by atoms with van der Waals surface area (Å²) in [6.07, 6.45) is 0. The third-order valence-electron chi connectivity index (χ3n) is 4.65. The molecule has 0 saturated carbocycles. The fourth-order valence-electron chi connectivity index (χ4n) is 3.05. The molecule has 7 nitrogen and oxygen atoms in total. The fraction of sp³-hybridized carbons (Fsp3) is 0.421. The second kappa shape index (κ2) is 8.93. The largest absolute Gasteiger partial charge is 0.399 e. The summed E-state index contributed by atoms with van der Waals surface area (Å²) in [5, 5.41) is 6.22. The van der Waals surface area contributed by atoms with Crippen molar-refractivity contribution in [1.82, 2.24) is 10.2 Å². The van der Waals surface area contributed by atoms with Crippen LogP contribution in [0.5, 0.6) is 0 Å². The van der Waals surface area contributed by atoms with Gasteiger partial charge in [-0.25, -0.2) is 8.42 Å². The SMILES string of the molecule is CCNc1cc(-c2ccc(N)cc2)sc1C(=O)NCCN1CCS(=O)(=O)CC1. The fourth-order valence-corrected chi connectivity index (χ4v) is 5.39. The second-order valence-electron chi connectivity index (χ2n) is 6.76. The third kappa shape index (κ3) is 5.24. The molecule has 1 aromatic heterocycles. The number of nitrogens with two attached hydrogens (primary N) is 1. The van der Waals surface area contributed by atoms with Crippen LogP contribution in [-0.2, 0) is 9.84 Å². The average Bonchev–Trinajstić information content (AvgIpc) is 3.08. The van der Waals surface area contributed by atoms with Crippen LogP contribution in [0.25, 0.3) is 10.4 Å². The van der Waals surface area contributed by atoms with E-state index in [9.17, 15) is 13.2 Å². The Hall–Kier alpha value is -2.10. The van der Waals surface area contributed by atoms with E-state index in [-0.39, 0.29) is 17.4 Å². The van der Waals surface area contributed by atoms with Crippen LogP contribution in [0, 0.1) is 0 Å². The number of rotatable bonds is 7. The van der Waals surface area contributed by atoms with Crippen LogP contribution < -0.4 is 16.4 Å². The molecule has 0 radical (unpaired) electrons. The summed E-state index contributed by atoms with van der Waals surface area (Å²) in [4.78, 5) is 16.4. The van der Waals surface area contributed by atoms with Crippen LogP contribution >= 0.6 is 11.3 Å². The Balaban J connectivity index is 1.63. The predicted octanol–water partition coefficient (Wildman–Crippen LogP) is 1.89. The first-order chi connectivity index (χ1) is 13.4. The summed E-state index contributed by atoms with van der Waals surface area (Å²) in [5.41, 5.74) is 8.30. The van der Waals surface area contributed by atoms with Crippen LogP contribution in [0.2, 0.25) is 0 Å². The molecule has 0 spiro atoms. The van der Waals surface area contributed by atoms with Gasteiger partial charge in [0.25, 0.3) is 5.91 Å². The van der Waals surface area contributed by atoms with Crippen molar-refractivity contribution in [3.8, 4) is 10.4 Å². The van der Waals surface area contributed by atoms with Crippen LogP contribution in [0.15, 0.2) is 30.3 Å². The average molecular weight is 423 g/mol. The van der Waals surface area contributed by atoms with Crippen molar-refractivity contribution in [2.45, 2.75) is 6.92 Å². The summed E-state index contributed by atoms with van der Waals surface area (Å²) in [6.45, 7) is 4.91. The van der Waals surface area contributed by atoms with Gasteiger partial charge in [-0.1, -0.05) is 12.1 Å². The number of nitrogens with one attached hydrogen (secondary N) is 2. The zero-order chi connectivity index (χ0) is 20.1. The molecule has 9 heteroatoms. The smallest absolute Gasteiger partial charge is 0.263 e. The zero-order valence-electron chi connectivity index (χ0n) is 15.9. The summed E-state index contributed by atoms with van der Waals surface area (Å²) >= 11 is 1.44. The van der Waals surface area contributed by atoms with Crippen molar-refractivity contribution in [2.75, 3.05) is 55.3 Å². The monoisotopic (exact) mass is 422 g/mol. The molecule has 2 heterocycles. The van der Waals surface area contributed by atoms with Gasteiger partial charge in [0.15, 0.2) is 9.84 Å². The Kier molecular flexibility index (Phi) is 6.58. The normalized spacial score (nSPS) is 16.6. The van der Waals surface area contributed by atoms with E-state index in [2.05, 4.69) is 15.5 Å². The highest BCUT2D eigenvalue weighted by Crippen LogP contribution is 2.35. The number of thiophene rings is 1. The van der Waals surface area contributed by atoms with E-state index < -0.39 is 9.84 Å². The maximum Gasteiger partial charge on any atom is 0.263 e. The van der Waals surface area contributed by atoms with Gasteiger partial charge in [-0.05, 0) is 30.7 Å². The molecular formula is C19H26N4O3S2. The molecule has 0 aliphatic carbocycles. The van der Waals surface area contributed by atoms with Crippen LogP contribution in [0.1, 0.15) is 16.6 Å². The van der Waals surface area contributed by atoms with E-state index in [1.165, 1.54) is 11.3 Å². The molecule has 2 aromatic rings. The van der Waals surface area contributed by atoms with Gasteiger partial charge < -0.3 is 16.4 Å². The van der Waals surface area contributed by atoms with Crippen molar-refractivity contribution in [1.29, 1.82) is 0 Å². The molecule has 4 N–H and O–H groups in total. The molecule has 1 fully saturated rings. The molecule has 152 valence electrons. The van der Waals surface area contributed by atoms with Gasteiger partial charge in [-0.2, -0.15) is 0 Å². The standard InChI is InChI=1S/C19H26N4O3S2/c1-2-21-16-13-17(14-3-5-15(20)6-4-14)27-18(16)19(24)22-7-8-23-9-11-28(25,26)12-10-23/h3-6,13,21H,2,7-12,20H2,1H3,(H,22,24). The number of amides is 1. The van der Waals surface area contributed by atoms with E-state index in [0.717, 1.165) is 22.7 Å². The minimum atomic E-state index is -2.88. The van der Waals surface area contributed by atoms with Gasteiger partial charge in [-0.3, -0.25) is 9.69 Å². The first-order valence-electron chi connectivity index (χ1n) is 9.32. The van der Waals surface area contributed by atoms with Crippen molar-refractivity contribution in [2.24, 2.45) is 0 Å². The maximum atomic E-state index is 12.7. The topological polar surface area (TPSA) is 105 Å². The lowest BCUT2D eigenvalue weighted by atomic mass is 10.1. The number of anilines is 2. The Morgan fingerprint density at radius 1 is 1.21 bits per heavy atom. The molecule has 0 atom stereocenters. The molecular weight excluding hydrogens is 396 g/mol. The van der Waals surface area contributed by atoms with Gasteiger partial charge in [0, 0.05) is 43.3 Å². The summed E-state index contributed by atoms with van der Waals surface area (Å²) < 4.78 is 23.0.